The largest absolute Gasteiger partial charge is 0.303 e. The third-order valence-corrected chi connectivity index (χ3v) is 2.82. The average Bonchev–Trinajstić information content (AvgIpc) is 2.39. The second-order valence-corrected chi connectivity index (χ2v) is 4.05. The van der Waals surface area contributed by atoms with Gasteiger partial charge in [-0.25, -0.2) is 4.39 Å². The quantitative estimate of drug-likeness (QED) is 0.730. The second-order valence-electron chi connectivity index (χ2n) is 4.05. The van der Waals surface area contributed by atoms with Crippen LogP contribution in [-0.4, -0.2) is 6.29 Å². The standard InChI is InChI=1S/C15H13FO/c1-11(10-17)12-2-4-13(5-3-12)14-6-8-15(16)9-7-14/h2-11H,1H3. The summed E-state index contributed by atoms with van der Waals surface area (Å²) in [5.74, 6) is -0.322. The lowest BCUT2D eigenvalue weighted by molar-refractivity contribution is -0.108. The van der Waals surface area contributed by atoms with Crippen LogP contribution in [0.4, 0.5) is 4.39 Å². The van der Waals surface area contributed by atoms with Crippen molar-refractivity contribution in [1.29, 1.82) is 0 Å². The third-order valence-electron chi connectivity index (χ3n) is 2.82. The fourth-order valence-electron chi connectivity index (χ4n) is 1.70. The van der Waals surface area contributed by atoms with Crippen molar-refractivity contribution in [1.82, 2.24) is 0 Å². The molecule has 86 valence electrons. The molecule has 0 aliphatic heterocycles. The average molecular weight is 228 g/mol. The molecular weight excluding hydrogens is 215 g/mol. The summed E-state index contributed by atoms with van der Waals surface area (Å²) in [6.45, 7) is 1.86. The number of hydrogen-bond donors (Lipinski definition) is 0. The van der Waals surface area contributed by atoms with Crippen molar-refractivity contribution in [3.8, 4) is 11.1 Å². The Hall–Kier alpha value is -1.96. The molecule has 0 saturated carbocycles. The van der Waals surface area contributed by atoms with Gasteiger partial charge < -0.3 is 4.79 Å². The van der Waals surface area contributed by atoms with E-state index in [0.29, 0.717) is 0 Å². The van der Waals surface area contributed by atoms with Gasteiger partial charge in [-0.3, -0.25) is 0 Å². The highest BCUT2D eigenvalue weighted by Crippen LogP contribution is 2.22. The molecule has 0 radical (unpaired) electrons. The van der Waals surface area contributed by atoms with Crippen molar-refractivity contribution in [3.63, 3.8) is 0 Å². The molecule has 2 rings (SSSR count). The molecule has 0 heterocycles. The number of carbonyl (C=O) groups is 1. The summed E-state index contributed by atoms with van der Waals surface area (Å²) < 4.78 is 12.8. The molecule has 2 aromatic carbocycles. The van der Waals surface area contributed by atoms with Gasteiger partial charge in [0.25, 0.3) is 0 Å². The van der Waals surface area contributed by atoms with Gasteiger partial charge in [0, 0.05) is 5.92 Å². The van der Waals surface area contributed by atoms with E-state index in [2.05, 4.69) is 0 Å². The molecule has 1 atom stereocenters. The van der Waals surface area contributed by atoms with E-state index in [1.54, 1.807) is 12.1 Å². The first-order chi connectivity index (χ1) is 8.20. The molecule has 0 aromatic heterocycles. The van der Waals surface area contributed by atoms with E-state index in [9.17, 15) is 9.18 Å². The highest BCUT2D eigenvalue weighted by molar-refractivity contribution is 5.66. The molecule has 1 unspecified atom stereocenters. The predicted octanol–water partition coefficient (Wildman–Crippen LogP) is 3.80. The molecule has 0 aliphatic rings. The smallest absolute Gasteiger partial charge is 0.127 e. The van der Waals surface area contributed by atoms with Crippen molar-refractivity contribution in [3.05, 3.63) is 59.9 Å². The molecule has 2 heteroatoms. The zero-order chi connectivity index (χ0) is 12.3. The Balaban J connectivity index is 2.29. The van der Waals surface area contributed by atoms with E-state index in [4.69, 9.17) is 0 Å². The molecule has 17 heavy (non-hydrogen) atoms. The van der Waals surface area contributed by atoms with Gasteiger partial charge in [-0.1, -0.05) is 43.3 Å². The molecule has 0 fully saturated rings. The predicted molar refractivity (Wildman–Crippen MR) is 66.3 cm³/mol. The zero-order valence-electron chi connectivity index (χ0n) is 9.56. The summed E-state index contributed by atoms with van der Waals surface area (Å²) in [6, 6.07) is 14.1. The maximum atomic E-state index is 12.8. The summed E-state index contributed by atoms with van der Waals surface area (Å²) in [6.07, 6.45) is 0.924. The van der Waals surface area contributed by atoms with Gasteiger partial charge in [0.05, 0.1) is 0 Å². The minimum absolute atomic E-state index is 0.0859. The van der Waals surface area contributed by atoms with Gasteiger partial charge >= 0.3 is 0 Å². The summed E-state index contributed by atoms with van der Waals surface area (Å²) in [7, 11) is 0. The Morgan fingerprint density at radius 3 is 1.88 bits per heavy atom. The maximum absolute atomic E-state index is 12.8. The monoisotopic (exact) mass is 228 g/mol. The fourth-order valence-corrected chi connectivity index (χ4v) is 1.70. The lowest BCUT2D eigenvalue weighted by Gasteiger charge is -2.06. The van der Waals surface area contributed by atoms with E-state index in [-0.39, 0.29) is 11.7 Å². The van der Waals surface area contributed by atoms with Crippen LogP contribution in [0.1, 0.15) is 18.4 Å². The van der Waals surface area contributed by atoms with Crippen LogP contribution in [0.2, 0.25) is 0 Å². The lowest BCUT2D eigenvalue weighted by Crippen LogP contribution is -1.93. The summed E-state index contributed by atoms with van der Waals surface area (Å²) >= 11 is 0. The van der Waals surface area contributed by atoms with Crippen LogP contribution in [0, 0.1) is 5.82 Å². The van der Waals surface area contributed by atoms with Gasteiger partial charge in [-0.05, 0) is 28.8 Å². The number of aldehydes is 1. The highest BCUT2D eigenvalue weighted by atomic mass is 19.1. The Bertz CT molecular complexity index is 499. The molecule has 0 spiro atoms. The number of carbonyl (C=O) groups excluding carboxylic acids is 1. The van der Waals surface area contributed by atoms with Gasteiger partial charge in [-0.15, -0.1) is 0 Å². The number of rotatable bonds is 3. The van der Waals surface area contributed by atoms with Crippen LogP contribution in [0.25, 0.3) is 11.1 Å². The zero-order valence-corrected chi connectivity index (χ0v) is 9.56. The SMILES string of the molecule is CC(C=O)c1ccc(-c2ccc(F)cc2)cc1. The molecule has 0 saturated heterocycles. The van der Waals surface area contributed by atoms with Crippen LogP contribution < -0.4 is 0 Å². The minimum Gasteiger partial charge on any atom is -0.303 e. The third kappa shape index (κ3) is 2.59. The molecule has 0 amide bonds. The Kier molecular flexibility index (Phi) is 3.33. The van der Waals surface area contributed by atoms with Crippen LogP contribution in [0.15, 0.2) is 48.5 Å². The topological polar surface area (TPSA) is 17.1 Å². The van der Waals surface area contributed by atoms with Crippen LogP contribution >= 0.6 is 0 Å². The van der Waals surface area contributed by atoms with E-state index in [0.717, 1.165) is 23.0 Å². The normalized spacial score (nSPS) is 12.1. The number of benzene rings is 2. The summed E-state index contributed by atoms with van der Waals surface area (Å²) in [5.41, 5.74) is 2.98. The Morgan fingerprint density at radius 1 is 0.941 bits per heavy atom. The first-order valence-corrected chi connectivity index (χ1v) is 5.52. The van der Waals surface area contributed by atoms with Gasteiger partial charge in [-0.2, -0.15) is 0 Å². The Labute approximate surface area is 99.9 Å². The van der Waals surface area contributed by atoms with E-state index in [1.165, 1.54) is 12.1 Å². The summed E-state index contributed by atoms with van der Waals surface area (Å²) in [4.78, 5) is 10.7. The maximum Gasteiger partial charge on any atom is 0.127 e. The van der Waals surface area contributed by atoms with Gasteiger partial charge in [0.1, 0.15) is 12.1 Å². The first-order valence-electron chi connectivity index (χ1n) is 5.52. The van der Waals surface area contributed by atoms with Crippen molar-refractivity contribution in [2.24, 2.45) is 0 Å². The molecular formula is C15H13FO. The molecule has 2 aromatic rings. The minimum atomic E-state index is -0.236. The highest BCUT2D eigenvalue weighted by Gasteiger charge is 2.04. The number of halogens is 1. The fraction of sp³-hybridized carbons (Fsp3) is 0.133. The van der Waals surface area contributed by atoms with Gasteiger partial charge in [0.15, 0.2) is 0 Å². The van der Waals surface area contributed by atoms with Gasteiger partial charge in [0.2, 0.25) is 0 Å². The van der Waals surface area contributed by atoms with E-state index < -0.39 is 0 Å². The van der Waals surface area contributed by atoms with Crippen LogP contribution in [-0.2, 0) is 4.79 Å². The van der Waals surface area contributed by atoms with Crippen LogP contribution in [0.3, 0.4) is 0 Å². The van der Waals surface area contributed by atoms with Crippen molar-refractivity contribution < 1.29 is 9.18 Å². The van der Waals surface area contributed by atoms with E-state index >= 15 is 0 Å². The Morgan fingerprint density at radius 2 is 1.41 bits per heavy atom. The van der Waals surface area contributed by atoms with Crippen molar-refractivity contribution in [2.75, 3.05) is 0 Å². The van der Waals surface area contributed by atoms with Crippen LogP contribution in [0.5, 0.6) is 0 Å². The lowest BCUT2D eigenvalue weighted by atomic mass is 9.98. The molecule has 1 nitrogen and oxygen atoms in total. The molecule has 0 aliphatic carbocycles. The van der Waals surface area contributed by atoms with E-state index in [1.807, 2.05) is 31.2 Å². The summed E-state index contributed by atoms with van der Waals surface area (Å²) in [5, 5.41) is 0. The van der Waals surface area contributed by atoms with Crippen molar-refractivity contribution in [2.45, 2.75) is 12.8 Å². The second kappa shape index (κ2) is 4.91. The first kappa shape index (κ1) is 11.5. The van der Waals surface area contributed by atoms with Crippen molar-refractivity contribution >= 4 is 6.29 Å². The molecule has 0 N–H and O–H groups in total. The molecule has 0 bridgehead atoms. The number of hydrogen-bond acceptors (Lipinski definition) is 1.